The van der Waals surface area contributed by atoms with Crippen molar-refractivity contribution in [2.45, 2.75) is 58.9 Å². The second-order valence-corrected chi connectivity index (χ2v) is 7.15. The van der Waals surface area contributed by atoms with E-state index in [1.807, 2.05) is 18.7 Å². The molecule has 0 radical (unpaired) electrons. The Kier molecular flexibility index (Phi) is 4.42. The number of carbonyl (C=O) groups excluding carboxylic acids is 2. The van der Waals surface area contributed by atoms with Crippen molar-refractivity contribution in [1.82, 2.24) is 4.90 Å². The first-order chi connectivity index (χ1) is 11.0. The molecule has 0 unspecified atom stereocenters. The Morgan fingerprint density at radius 2 is 1.74 bits per heavy atom. The molecule has 124 valence electrons. The van der Waals surface area contributed by atoms with Crippen LogP contribution in [0.4, 0.5) is 5.69 Å². The van der Waals surface area contributed by atoms with E-state index < -0.39 is 0 Å². The normalized spacial score (nSPS) is 22.0. The number of anilines is 1. The minimum Gasteiger partial charge on any atom is -0.339 e. The van der Waals surface area contributed by atoms with Crippen molar-refractivity contribution in [3.63, 3.8) is 0 Å². The van der Waals surface area contributed by atoms with Crippen LogP contribution < -0.4 is 5.32 Å². The molecular weight excluding hydrogens is 288 g/mol. The van der Waals surface area contributed by atoms with Gasteiger partial charge < -0.3 is 10.2 Å². The molecule has 2 amide bonds. The van der Waals surface area contributed by atoms with E-state index in [2.05, 4.69) is 24.4 Å². The van der Waals surface area contributed by atoms with Gasteiger partial charge in [-0.05, 0) is 44.7 Å². The van der Waals surface area contributed by atoms with E-state index in [0.29, 0.717) is 19.0 Å². The molecule has 1 saturated carbocycles. The minimum atomic E-state index is -0.219. The highest BCUT2D eigenvalue weighted by atomic mass is 16.2. The summed E-state index contributed by atoms with van der Waals surface area (Å²) in [5, 5.41) is 3.06. The van der Waals surface area contributed by atoms with Gasteiger partial charge in [-0.15, -0.1) is 0 Å². The van der Waals surface area contributed by atoms with Crippen molar-refractivity contribution >= 4 is 17.5 Å². The number of rotatable bonds is 3. The van der Waals surface area contributed by atoms with Crippen LogP contribution >= 0.6 is 0 Å². The van der Waals surface area contributed by atoms with Crippen LogP contribution in [-0.2, 0) is 9.59 Å². The van der Waals surface area contributed by atoms with E-state index >= 15 is 0 Å². The molecule has 0 bridgehead atoms. The van der Waals surface area contributed by atoms with Gasteiger partial charge in [0.25, 0.3) is 0 Å². The highest BCUT2D eigenvalue weighted by Crippen LogP contribution is 2.30. The monoisotopic (exact) mass is 314 g/mol. The van der Waals surface area contributed by atoms with E-state index in [-0.39, 0.29) is 17.7 Å². The van der Waals surface area contributed by atoms with Crippen molar-refractivity contribution in [1.29, 1.82) is 0 Å². The third-order valence-corrected chi connectivity index (χ3v) is 5.22. The van der Waals surface area contributed by atoms with Crippen LogP contribution in [0.1, 0.15) is 48.8 Å². The van der Waals surface area contributed by atoms with Crippen molar-refractivity contribution in [3.8, 4) is 0 Å². The molecule has 1 aliphatic carbocycles. The number of benzene rings is 1. The fourth-order valence-corrected chi connectivity index (χ4v) is 4.08. The largest absolute Gasteiger partial charge is 0.339 e. The summed E-state index contributed by atoms with van der Waals surface area (Å²) < 4.78 is 0. The lowest BCUT2D eigenvalue weighted by Crippen LogP contribution is -2.35. The number of aryl methyl sites for hydroxylation is 3. The molecule has 23 heavy (non-hydrogen) atoms. The lowest BCUT2D eigenvalue weighted by atomic mass is 10.0. The third kappa shape index (κ3) is 3.26. The number of likely N-dealkylation sites (tertiary alicyclic amines) is 1. The van der Waals surface area contributed by atoms with Crippen LogP contribution in [0.15, 0.2) is 12.1 Å². The Morgan fingerprint density at radius 1 is 1.13 bits per heavy atom. The zero-order valence-electron chi connectivity index (χ0n) is 14.3. The first-order valence-electron chi connectivity index (χ1n) is 8.64. The molecule has 1 atom stereocenters. The zero-order chi connectivity index (χ0) is 16.6. The Balaban J connectivity index is 1.69. The van der Waals surface area contributed by atoms with Gasteiger partial charge >= 0.3 is 0 Å². The Hall–Kier alpha value is -1.84. The predicted octanol–water partition coefficient (Wildman–Crippen LogP) is 3.34. The SMILES string of the molecule is Cc1cc(C)c(NC(=O)[C@@H]2CC(=O)N(C3CCCC3)C2)c(C)c1. The first kappa shape index (κ1) is 16.0. The second-order valence-electron chi connectivity index (χ2n) is 7.15. The summed E-state index contributed by atoms with van der Waals surface area (Å²) in [5.74, 6) is -0.0912. The predicted molar refractivity (Wildman–Crippen MR) is 91.4 cm³/mol. The average molecular weight is 314 g/mol. The molecule has 1 N–H and O–H groups in total. The van der Waals surface area contributed by atoms with Crippen LogP contribution in [0.3, 0.4) is 0 Å². The number of nitrogens with zero attached hydrogens (tertiary/aromatic N) is 1. The molecule has 4 heteroatoms. The highest BCUT2D eigenvalue weighted by Gasteiger charge is 2.38. The van der Waals surface area contributed by atoms with Gasteiger partial charge in [0.1, 0.15) is 0 Å². The maximum absolute atomic E-state index is 12.6. The van der Waals surface area contributed by atoms with Crippen LogP contribution in [0.5, 0.6) is 0 Å². The lowest BCUT2D eigenvalue weighted by molar-refractivity contribution is -0.129. The molecule has 1 aromatic rings. The summed E-state index contributed by atoms with van der Waals surface area (Å²) in [6.07, 6.45) is 4.94. The molecule has 2 aliphatic rings. The van der Waals surface area contributed by atoms with Gasteiger partial charge in [0.15, 0.2) is 0 Å². The van der Waals surface area contributed by atoms with E-state index in [1.165, 1.54) is 18.4 Å². The molecule has 4 nitrogen and oxygen atoms in total. The number of carbonyl (C=O) groups is 2. The number of hydrogen-bond acceptors (Lipinski definition) is 2. The van der Waals surface area contributed by atoms with Crippen LogP contribution in [0, 0.1) is 26.7 Å². The number of amides is 2. The fraction of sp³-hybridized carbons (Fsp3) is 0.579. The van der Waals surface area contributed by atoms with Gasteiger partial charge in [0, 0.05) is 24.7 Å². The van der Waals surface area contributed by atoms with Crippen molar-refractivity contribution in [3.05, 3.63) is 28.8 Å². The van der Waals surface area contributed by atoms with E-state index in [4.69, 9.17) is 0 Å². The number of hydrogen-bond donors (Lipinski definition) is 1. The van der Waals surface area contributed by atoms with E-state index in [1.54, 1.807) is 0 Å². The molecule has 0 aromatic heterocycles. The Labute approximate surface area is 138 Å². The van der Waals surface area contributed by atoms with Gasteiger partial charge in [-0.25, -0.2) is 0 Å². The van der Waals surface area contributed by atoms with Gasteiger partial charge in [-0.2, -0.15) is 0 Å². The Morgan fingerprint density at radius 3 is 2.35 bits per heavy atom. The van der Waals surface area contributed by atoms with Crippen LogP contribution in [0.2, 0.25) is 0 Å². The van der Waals surface area contributed by atoms with Gasteiger partial charge in [-0.3, -0.25) is 9.59 Å². The fourth-order valence-electron chi connectivity index (χ4n) is 4.08. The standard InChI is InChI=1S/C19H26N2O2/c1-12-8-13(2)18(14(3)9-12)20-19(23)15-10-17(22)21(11-15)16-6-4-5-7-16/h8-9,15-16H,4-7,10-11H2,1-3H3,(H,20,23)/t15-/m1/s1. The first-order valence-corrected chi connectivity index (χ1v) is 8.64. The molecule has 1 saturated heterocycles. The summed E-state index contributed by atoms with van der Waals surface area (Å²) in [4.78, 5) is 26.8. The molecule has 0 spiro atoms. The van der Waals surface area contributed by atoms with Crippen molar-refractivity contribution in [2.24, 2.45) is 5.92 Å². The molecule has 1 aliphatic heterocycles. The van der Waals surface area contributed by atoms with E-state index in [0.717, 1.165) is 29.7 Å². The van der Waals surface area contributed by atoms with Crippen LogP contribution in [0.25, 0.3) is 0 Å². The molecule has 1 aromatic carbocycles. The summed E-state index contributed by atoms with van der Waals surface area (Å²) in [6.45, 7) is 6.67. The quantitative estimate of drug-likeness (QED) is 0.930. The third-order valence-electron chi connectivity index (χ3n) is 5.22. The zero-order valence-corrected chi connectivity index (χ0v) is 14.3. The summed E-state index contributed by atoms with van der Waals surface area (Å²) >= 11 is 0. The maximum Gasteiger partial charge on any atom is 0.229 e. The van der Waals surface area contributed by atoms with Gasteiger partial charge in [0.05, 0.1) is 5.92 Å². The maximum atomic E-state index is 12.6. The van der Waals surface area contributed by atoms with Crippen LogP contribution in [-0.4, -0.2) is 29.3 Å². The van der Waals surface area contributed by atoms with Gasteiger partial charge in [-0.1, -0.05) is 30.5 Å². The summed E-state index contributed by atoms with van der Waals surface area (Å²) in [7, 11) is 0. The minimum absolute atomic E-state index is 0.0195. The summed E-state index contributed by atoms with van der Waals surface area (Å²) in [6, 6.07) is 4.52. The number of nitrogens with one attached hydrogen (secondary N) is 1. The average Bonchev–Trinajstić information content (AvgIpc) is 3.11. The van der Waals surface area contributed by atoms with Crippen molar-refractivity contribution in [2.75, 3.05) is 11.9 Å². The molecule has 3 rings (SSSR count). The van der Waals surface area contributed by atoms with Crippen molar-refractivity contribution < 1.29 is 9.59 Å². The molecular formula is C19H26N2O2. The topological polar surface area (TPSA) is 49.4 Å². The van der Waals surface area contributed by atoms with E-state index in [9.17, 15) is 9.59 Å². The molecule has 1 heterocycles. The summed E-state index contributed by atoms with van der Waals surface area (Å²) in [5.41, 5.74) is 4.24. The molecule has 2 fully saturated rings. The highest BCUT2D eigenvalue weighted by molar-refractivity contribution is 5.98. The smallest absolute Gasteiger partial charge is 0.229 e. The van der Waals surface area contributed by atoms with Gasteiger partial charge in [0.2, 0.25) is 11.8 Å². The second kappa shape index (κ2) is 6.34. The Bertz CT molecular complexity index is 609. The lowest BCUT2D eigenvalue weighted by Gasteiger charge is -2.24.